The molecule has 5 heteroatoms. The first-order chi connectivity index (χ1) is 8.74. The van der Waals surface area contributed by atoms with Crippen molar-refractivity contribution in [1.29, 1.82) is 0 Å². The van der Waals surface area contributed by atoms with Crippen molar-refractivity contribution in [3.63, 3.8) is 0 Å². The normalized spacial score (nSPS) is 19.0. The van der Waals surface area contributed by atoms with Gasteiger partial charge in [-0.25, -0.2) is 0 Å². The van der Waals surface area contributed by atoms with Crippen LogP contribution < -0.4 is 5.32 Å². The quantitative estimate of drug-likeness (QED) is 0.804. The Morgan fingerprint density at radius 2 is 2.22 bits per heavy atom. The average molecular weight is 270 g/mol. The van der Waals surface area contributed by atoms with Crippen molar-refractivity contribution in [1.82, 2.24) is 10.2 Å². The Balaban J connectivity index is 1.60. The second-order valence-corrected chi connectivity index (χ2v) is 6.08. The van der Waals surface area contributed by atoms with Gasteiger partial charge in [-0.2, -0.15) is 0 Å². The van der Waals surface area contributed by atoms with Crippen molar-refractivity contribution in [3.05, 3.63) is 21.9 Å². The Labute approximate surface area is 113 Å². The van der Waals surface area contributed by atoms with Crippen molar-refractivity contribution in [3.8, 4) is 0 Å². The van der Waals surface area contributed by atoms with E-state index in [9.17, 15) is 5.11 Å². The molecule has 2 N–H and O–H groups in total. The number of hydrogen-bond donors (Lipinski definition) is 2. The molecular weight excluding hydrogens is 248 g/mol. The maximum Gasteiger partial charge on any atom is 0.0791 e. The maximum atomic E-state index is 9.94. The van der Waals surface area contributed by atoms with Gasteiger partial charge in [-0.15, -0.1) is 11.3 Å². The van der Waals surface area contributed by atoms with E-state index in [2.05, 4.69) is 29.3 Å². The molecule has 1 atom stereocenters. The Morgan fingerprint density at radius 3 is 2.89 bits per heavy atom. The van der Waals surface area contributed by atoms with Crippen LogP contribution in [0, 0.1) is 6.92 Å². The van der Waals surface area contributed by atoms with Gasteiger partial charge in [0.1, 0.15) is 0 Å². The van der Waals surface area contributed by atoms with Crippen LogP contribution in [-0.2, 0) is 11.3 Å². The van der Waals surface area contributed by atoms with Crippen molar-refractivity contribution in [2.75, 3.05) is 39.4 Å². The van der Waals surface area contributed by atoms with Crippen LogP contribution in [0.4, 0.5) is 0 Å². The number of aryl methyl sites for hydroxylation is 1. The number of β-amino-alcohol motifs (C(OH)–C–C–N with tert-alkyl or cyclic N) is 1. The largest absolute Gasteiger partial charge is 0.390 e. The van der Waals surface area contributed by atoms with E-state index in [0.29, 0.717) is 6.54 Å². The Kier molecular flexibility index (Phi) is 5.59. The summed E-state index contributed by atoms with van der Waals surface area (Å²) in [6.45, 7) is 7.78. The fraction of sp³-hybridized carbons (Fsp3) is 0.692. The first-order valence-electron chi connectivity index (χ1n) is 6.48. The molecule has 0 radical (unpaired) electrons. The molecule has 0 saturated carbocycles. The average Bonchev–Trinajstić information content (AvgIpc) is 2.76. The maximum absolute atomic E-state index is 9.94. The predicted octanol–water partition coefficient (Wildman–Crippen LogP) is 0.839. The molecule has 102 valence electrons. The van der Waals surface area contributed by atoms with Gasteiger partial charge in [-0.1, -0.05) is 0 Å². The first kappa shape index (κ1) is 14.0. The van der Waals surface area contributed by atoms with E-state index in [1.807, 2.05) is 0 Å². The number of aliphatic hydroxyl groups excluding tert-OH is 1. The molecule has 1 aliphatic rings. The minimum absolute atomic E-state index is 0.302. The highest BCUT2D eigenvalue weighted by Crippen LogP contribution is 2.14. The lowest BCUT2D eigenvalue weighted by molar-refractivity contribution is 0.0149. The molecular formula is C13H22N2O2S. The lowest BCUT2D eigenvalue weighted by Gasteiger charge is -2.28. The second-order valence-electron chi connectivity index (χ2n) is 4.71. The van der Waals surface area contributed by atoms with Crippen LogP contribution in [0.1, 0.15) is 9.75 Å². The third-order valence-electron chi connectivity index (χ3n) is 3.05. The fourth-order valence-electron chi connectivity index (χ4n) is 2.09. The smallest absolute Gasteiger partial charge is 0.0791 e. The number of aliphatic hydroxyl groups is 1. The molecule has 4 nitrogen and oxygen atoms in total. The molecule has 0 aliphatic carbocycles. The van der Waals surface area contributed by atoms with Crippen molar-refractivity contribution >= 4 is 11.3 Å². The van der Waals surface area contributed by atoms with Gasteiger partial charge >= 0.3 is 0 Å². The summed E-state index contributed by atoms with van der Waals surface area (Å²) in [5.41, 5.74) is 0. The van der Waals surface area contributed by atoms with Crippen molar-refractivity contribution in [2.24, 2.45) is 0 Å². The second kappa shape index (κ2) is 7.21. The van der Waals surface area contributed by atoms with Crippen LogP contribution >= 0.6 is 11.3 Å². The van der Waals surface area contributed by atoms with Crippen LogP contribution in [-0.4, -0.2) is 55.5 Å². The number of nitrogens with zero attached hydrogens (tertiary/aromatic N) is 1. The fourth-order valence-corrected chi connectivity index (χ4v) is 2.95. The lowest BCUT2D eigenvalue weighted by Crippen LogP contribution is -2.43. The van der Waals surface area contributed by atoms with Crippen LogP contribution in [0.2, 0.25) is 0 Å². The van der Waals surface area contributed by atoms with Crippen LogP contribution in [0.5, 0.6) is 0 Å². The summed E-state index contributed by atoms with van der Waals surface area (Å²) in [6.07, 6.45) is -0.302. The van der Waals surface area contributed by atoms with Gasteiger partial charge in [-0.05, 0) is 19.1 Å². The Bertz CT molecular complexity index is 351. The Morgan fingerprint density at radius 1 is 1.44 bits per heavy atom. The number of thiophene rings is 1. The molecule has 0 amide bonds. The molecule has 0 spiro atoms. The van der Waals surface area contributed by atoms with Gasteiger partial charge in [-0.3, -0.25) is 4.90 Å². The predicted molar refractivity (Wildman–Crippen MR) is 74.0 cm³/mol. The zero-order valence-electron chi connectivity index (χ0n) is 10.9. The van der Waals surface area contributed by atoms with Crippen LogP contribution in [0.3, 0.4) is 0 Å². The highest BCUT2D eigenvalue weighted by atomic mass is 32.1. The van der Waals surface area contributed by atoms with Gasteiger partial charge in [0.2, 0.25) is 0 Å². The molecule has 0 aromatic carbocycles. The number of morpholine rings is 1. The van der Waals surface area contributed by atoms with E-state index in [-0.39, 0.29) is 6.10 Å². The molecule has 1 aromatic heterocycles. The van der Waals surface area contributed by atoms with Crippen LogP contribution in [0.25, 0.3) is 0 Å². The van der Waals surface area contributed by atoms with Gasteiger partial charge in [0.05, 0.1) is 19.3 Å². The summed E-state index contributed by atoms with van der Waals surface area (Å²) in [5, 5.41) is 13.2. The van der Waals surface area contributed by atoms with Gasteiger partial charge in [0.25, 0.3) is 0 Å². The highest BCUT2D eigenvalue weighted by molar-refractivity contribution is 7.11. The number of nitrogens with one attached hydrogen (secondary N) is 1. The van der Waals surface area contributed by atoms with Crippen molar-refractivity contribution in [2.45, 2.75) is 19.6 Å². The topological polar surface area (TPSA) is 44.7 Å². The first-order valence-corrected chi connectivity index (χ1v) is 7.30. The molecule has 1 fully saturated rings. The summed E-state index contributed by atoms with van der Waals surface area (Å²) >= 11 is 1.80. The molecule has 2 heterocycles. The van der Waals surface area contributed by atoms with E-state index in [1.165, 1.54) is 9.75 Å². The summed E-state index contributed by atoms with van der Waals surface area (Å²) < 4.78 is 5.29. The summed E-state index contributed by atoms with van der Waals surface area (Å²) in [7, 11) is 0. The summed E-state index contributed by atoms with van der Waals surface area (Å²) in [5.74, 6) is 0. The molecule has 1 unspecified atom stereocenters. The summed E-state index contributed by atoms with van der Waals surface area (Å²) in [4.78, 5) is 4.91. The minimum atomic E-state index is -0.302. The van der Waals surface area contributed by atoms with Crippen LogP contribution in [0.15, 0.2) is 12.1 Å². The minimum Gasteiger partial charge on any atom is -0.390 e. The molecule has 1 aromatic rings. The molecule has 0 bridgehead atoms. The number of ether oxygens (including phenoxy) is 1. The van der Waals surface area contributed by atoms with Crippen molar-refractivity contribution < 1.29 is 9.84 Å². The molecule has 2 rings (SSSR count). The molecule has 1 saturated heterocycles. The zero-order chi connectivity index (χ0) is 12.8. The highest BCUT2D eigenvalue weighted by Gasteiger charge is 2.14. The van der Waals surface area contributed by atoms with E-state index in [4.69, 9.17) is 4.74 Å². The van der Waals surface area contributed by atoms with Gasteiger partial charge < -0.3 is 15.2 Å². The summed E-state index contributed by atoms with van der Waals surface area (Å²) in [6, 6.07) is 4.27. The van der Waals surface area contributed by atoms with Gasteiger partial charge in [0.15, 0.2) is 0 Å². The number of rotatable bonds is 6. The zero-order valence-corrected chi connectivity index (χ0v) is 11.7. The monoisotopic (exact) mass is 270 g/mol. The molecule has 18 heavy (non-hydrogen) atoms. The van der Waals surface area contributed by atoms with E-state index in [1.54, 1.807) is 11.3 Å². The van der Waals surface area contributed by atoms with E-state index >= 15 is 0 Å². The Hall–Kier alpha value is -0.460. The third-order valence-corrected chi connectivity index (χ3v) is 4.05. The number of hydrogen-bond acceptors (Lipinski definition) is 5. The van der Waals surface area contributed by atoms with Gasteiger partial charge in [0, 0.05) is 42.5 Å². The lowest BCUT2D eigenvalue weighted by atomic mass is 10.3. The third kappa shape index (κ3) is 4.66. The standard InChI is InChI=1S/C13H22N2O2S/c1-11-2-3-13(18-11)9-14-8-12(16)10-15-4-6-17-7-5-15/h2-3,12,14,16H,4-10H2,1H3. The van der Waals surface area contributed by atoms with E-state index in [0.717, 1.165) is 39.4 Å². The SMILES string of the molecule is Cc1ccc(CNCC(O)CN2CCOCC2)s1. The molecule has 1 aliphatic heterocycles. The van der Waals surface area contributed by atoms with E-state index < -0.39 is 0 Å².